The third-order valence-corrected chi connectivity index (χ3v) is 2.89. The number of likely N-dealkylation sites (tertiary alicyclic amines) is 1. The van der Waals surface area contributed by atoms with Crippen molar-refractivity contribution in [2.24, 2.45) is 0 Å². The fraction of sp³-hybridized carbons (Fsp3) is 0.417. The maximum atomic E-state index is 11.9. The number of piperidine rings is 1. The second-order valence-corrected chi connectivity index (χ2v) is 4.21. The number of carboxylic acids is 1. The minimum absolute atomic E-state index is 0.110. The lowest BCUT2D eigenvalue weighted by Crippen LogP contribution is -2.38. The molecule has 18 heavy (non-hydrogen) atoms. The van der Waals surface area contributed by atoms with Crippen molar-refractivity contribution in [1.29, 1.82) is 0 Å². The van der Waals surface area contributed by atoms with Gasteiger partial charge in [-0.1, -0.05) is 0 Å². The minimum Gasteiger partial charge on any atom is -0.478 e. The quantitative estimate of drug-likeness (QED) is 0.837. The van der Waals surface area contributed by atoms with Crippen molar-refractivity contribution in [2.75, 3.05) is 18.4 Å². The molecule has 1 fully saturated rings. The molecular weight excluding hydrogens is 234 g/mol. The van der Waals surface area contributed by atoms with E-state index in [2.05, 4.69) is 10.3 Å². The summed E-state index contributed by atoms with van der Waals surface area (Å²) in [4.78, 5) is 28.3. The number of urea groups is 1. The lowest BCUT2D eigenvalue weighted by atomic mass is 10.1. The summed E-state index contributed by atoms with van der Waals surface area (Å²) < 4.78 is 0. The molecule has 0 aromatic carbocycles. The Labute approximate surface area is 105 Å². The van der Waals surface area contributed by atoms with Gasteiger partial charge in [-0.15, -0.1) is 0 Å². The molecule has 1 aliphatic heterocycles. The van der Waals surface area contributed by atoms with Crippen molar-refractivity contribution in [3.05, 3.63) is 23.9 Å². The Hall–Kier alpha value is -2.11. The molecule has 1 aromatic heterocycles. The molecule has 96 valence electrons. The molecule has 0 unspecified atom stereocenters. The Balaban J connectivity index is 2.02. The third-order valence-electron chi connectivity index (χ3n) is 2.89. The predicted molar refractivity (Wildman–Crippen MR) is 65.6 cm³/mol. The Morgan fingerprint density at radius 2 is 2.00 bits per heavy atom. The van der Waals surface area contributed by atoms with Crippen LogP contribution in [0.5, 0.6) is 0 Å². The molecule has 0 bridgehead atoms. The zero-order valence-corrected chi connectivity index (χ0v) is 9.93. The Morgan fingerprint density at radius 3 is 2.67 bits per heavy atom. The lowest BCUT2D eigenvalue weighted by molar-refractivity contribution is 0.0696. The fourth-order valence-electron chi connectivity index (χ4n) is 1.92. The van der Waals surface area contributed by atoms with Crippen molar-refractivity contribution in [2.45, 2.75) is 19.3 Å². The summed E-state index contributed by atoms with van der Waals surface area (Å²) in [7, 11) is 0. The summed E-state index contributed by atoms with van der Waals surface area (Å²) >= 11 is 0. The number of amides is 2. The number of hydrogen-bond acceptors (Lipinski definition) is 3. The molecule has 6 heteroatoms. The number of aromatic carboxylic acids is 1. The first kappa shape index (κ1) is 12.3. The fourth-order valence-corrected chi connectivity index (χ4v) is 1.92. The van der Waals surface area contributed by atoms with E-state index < -0.39 is 5.97 Å². The standard InChI is InChI=1S/C12H15N3O3/c16-11(17)9-4-5-13-10(8-9)14-12(18)15-6-2-1-3-7-15/h4-5,8H,1-3,6-7H2,(H,16,17)(H,13,14,18). The lowest BCUT2D eigenvalue weighted by Gasteiger charge is -2.26. The second kappa shape index (κ2) is 5.48. The third kappa shape index (κ3) is 2.97. The van der Waals surface area contributed by atoms with Gasteiger partial charge in [0.15, 0.2) is 0 Å². The molecule has 0 spiro atoms. The van der Waals surface area contributed by atoms with Crippen LogP contribution in [0.25, 0.3) is 0 Å². The molecule has 1 aromatic rings. The smallest absolute Gasteiger partial charge is 0.335 e. The SMILES string of the molecule is O=C(O)c1ccnc(NC(=O)N2CCCCC2)c1. The first-order valence-electron chi connectivity index (χ1n) is 5.92. The number of carbonyl (C=O) groups excluding carboxylic acids is 1. The van der Waals surface area contributed by atoms with E-state index in [0.717, 1.165) is 32.4 Å². The van der Waals surface area contributed by atoms with E-state index in [4.69, 9.17) is 5.11 Å². The Morgan fingerprint density at radius 1 is 1.28 bits per heavy atom. The van der Waals surface area contributed by atoms with Crippen LogP contribution in [-0.4, -0.2) is 40.1 Å². The molecule has 1 saturated heterocycles. The molecule has 1 aliphatic rings. The van der Waals surface area contributed by atoms with E-state index in [9.17, 15) is 9.59 Å². The zero-order chi connectivity index (χ0) is 13.0. The molecule has 0 atom stereocenters. The molecule has 2 heterocycles. The van der Waals surface area contributed by atoms with Crippen LogP contribution in [0.15, 0.2) is 18.3 Å². The van der Waals surface area contributed by atoms with E-state index in [-0.39, 0.29) is 17.4 Å². The summed E-state index contributed by atoms with van der Waals surface area (Å²) in [6.07, 6.45) is 4.54. The number of pyridine rings is 1. The van der Waals surface area contributed by atoms with Crippen LogP contribution in [0.2, 0.25) is 0 Å². The normalized spacial score (nSPS) is 15.2. The monoisotopic (exact) mass is 249 g/mol. The van der Waals surface area contributed by atoms with Crippen LogP contribution >= 0.6 is 0 Å². The summed E-state index contributed by atoms with van der Waals surface area (Å²) in [5, 5.41) is 11.5. The highest BCUT2D eigenvalue weighted by Crippen LogP contribution is 2.12. The van der Waals surface area contributed by atoms with Gasteiger partial charge in [0, 0.05) is 19.3 Å². The van der Waals surface area contributed by atoms with Gasteiger partial charge in [0.1, 0.15) is 5.82 Å². The molecule has 0 saturated carbocycles. The molecule has 2 amide bonds. The highest BCUT2D eigenvalue weighted by molar-refractivity contribution is 5.92. The van der Waals surface area contributed by atoms with Gasteiger partial charge in [-0.05, 0) is 31.4 Å². The summed E-state index contributed by atoms with van der Waals surface area (Å²) in [6.45, 7) is 1.48. The van der Waals surface area contributed by atoms with E-state index >= 15 is 0 Å². The molecule has 2 rings (SSSR count). The van der Waals surface area contributed by atoms with Crippen LogP contribution in [0, 0.1) is 0 Å². The van der Waals surface area contributed by atoms with Crippen molar-refractivity contribution < 1.29 is 14.7 Å². The van der Waals surface area contributed by atoms with Crippen molar-refractivity contribution in [1.82, 2.24) is 9.88 Å². The zero-order valence-electron chi connectivity index (χ0n) is 9.93. The summed E-state index contributed by atoms with van der Waals surface area (Å²) in [5.74, 6) is -0.767. The van der Waals surface area contributed by atoms with E-state index in [1.807, 2.05) is 0 Å². The van der Waals surface area contributed by atoms with E-state index in [0.29, 0.717) is 0 Å². The molecule has 0 radical (unpaired) electrons. The van der Waals surface area contributed by atoms with Gasteiger partial charge in [0.2, 0.25) is 0 Å². The maximum absolute atomic E-state index is 11.9. The average Bonchev–Trinajstić information content (AvgIpc) is 2.40. The minimum atomic E-state index is -1.04. The maximum Gasteiger partial charge on any atom is 0.335 e. The number of rotatable bonds is 2. The highest BCUT2D eigenvalue weighted by atomic mass is 16.4. The number of carbonyl (C=O) groups is 2. The number of aromatic nitrogens is 1. The average molecular weight is 249 g/mol. The van der Waals surface area contributed by atoms with Crippen LogP contribution in [0.3, 0.4) is 0 Å². The van der Waals surface area contributed by atoms with Gasteiger partial charge in [-0.3, -0.25) is 5.32 Å². The van der Waals surface area contributed by atoms with Crippen molar-refractivity contribution >= 4 is 17.8 Å². The van der Waals surface area contributed by atoms with Gasteiger partial charge >= 0.3 is 12.0 Å². The molecule has 0 aliphatic carbocycles. The summed E-state index contributed by atoms with van der Waals surface area (Å²) in [5.41, 5.74) is 0.110. The van der Waals surface area contributed by atoms with E-state index in [1.54, 1.807) is 4.90 Å². The van der Waals surface area contributed by atoms with Crippen LogP contribution in [0.1, 0.15) is 29.6 Å². The first-order chi connectivity index (χ1) is 8.66. The van der Waals surface area contributed by atoms with Gasteiger partial charge in [-0.2, -0.15) is 0 Å². The number of anilines is 1. The second-order valence-electron chi connectivity index (χ2n) is 4.21. The highest BCUT2D eigenvalue weighted by Gasteiger charge is 2.17. The van der Waals surface area contributed by atoms with Crippen LogP contribution < -0.4 is 5.32 Å². The van der Waals surface area contributed by atoms with Gasteiger partial charge in [0.25, 0.3) is 0 Å². The number of carboxylic acid groups (broad SMARTS) is 1. The largest absolute Gasteiger partial charge is 0.478 e. The van der Waals surface area contributed by atoms with E-state index in [1.165, 1.54) is 18.3 Å². The Bertz CT molecular complexity index is 456. The topological polar surface area (TPSA) is 82.5 Å². The van der Waals surface area contributed by atoms with Crippen molar-refractivity contribution in [3.63, 3.8) is 0 Å². The predicted octanol–water partition coefficient (Wildman–Crippen LogP) is 1.80. The molecular formula is C12H15N3O3. The number of nitrogens with zero attached hydrogens (tertiary/aromatic N) is 2. The number of hydrogen-bond donors (Lipinski definition) is 2. The first-order valence-corrected chi connectivity index (χ1v) is 5.92. The number of nitrogens with one attached hydrogen (secondary N) is 1. The molecule has 2 N–H and O–H groups in total. The van der Waals surface area contributed by atoms with Gasteiger partial charge in [0.05, 0.1) is 5.56 Å². The summed E-state index contributed by atoms with van der Waals surface area (Å²) in [6, 6.07) is 2.52. The Kier molecular flexibility index (Phi) is 3.76. The molecule has 6 nitrogen and oxygen atoms in total. The van der Waals surface area contributed by atoms with Crippen LogP contribution in [0.4, 0.5) is 10.6 Å². The van der Waals surface area contributed by atoms with Crippen molar-refractivity contribution in [3.8, 4) is 0 Å². The van der Waals surface area contributed by atoms with Crippen LogP contribution in [-0.2, 0) is 0 Å². The van der Waals surface area contributed by atoms with Gasteiger partial charge < -0.3 is 10.0 Å². The van der Waals surface area contributed by atoms with Gasteiger partial charge in [-0.25, -0.2) is 14.6 Å².